The molecule has 0 aliphatic heterocycles. The van der Waals surface area contributed by atoms with Crippen molar-refractivity contribution in [2.75, 3.05) is 0 Å². The number of hydrogen-bond donors (Lipinski definition) is 0. The fourth-order valence-electron chi connectivity index (χ4n) is 6.68. The molecule has 21 heavy (non-hydrogen) atoms. The van der Waals surface area contributed by atoms with Crippen LogP contribution in [0.3, 0.4) is 0 Å². The van der Waals surface area contributed by atoms with Crippen LogP contribution in [0, 0.1) is 0 Å². The van der Waals surface area contributed by atoms with Crippen LogP contribution in [-0.2, 0) is 0 Å². The first-order valence-corrected chi connectivity index (χ1v) is 17.3. The first kappa shape index (κ1) is 16.6. The Bertz CT molecular complexity index is 252. The van der Waals surface area contributed by atoms with E-state index in [9.17, 15) is 0 Å². The topological polar surface area (TPSA) is 0 Å². The summed E-state index contributed by atoms with van der Waals surface area (Å²) in [5.41, 5.74) is 0. The standard InChI is InChI=1S/3C5H9.C5H11.Sn/c3*1-2-4-5-3-1;1-3-5-4-2;/h3*1H,2-5H2;1,3-5H2,2H3;. The summed E-state index contributed by atoms with van der Waals surface area (Å²) in [5, 5.41) is 0. The molecule has 0 saturated heterocycles. The Balaban J connectivity index is 1.83. The molecule has 3 aliphatic carbocycles. The molecule has 0 radical (unpaired) electrons. The fraction of sp³-hybridized carbons (Fsp3) is 1.00. The Kier molecular flexibility index (Phi) is 6.39. The molecular formula is C20H38Sn. The van der Waals surface area contributed by atoms with E-state index >= 15 is 0 Å². The van der Waals surface area contributed by atoms with Crippen LogP contribution in [0.15, 0.2) is 0 Å². The summed E-state index contributed by atoms with van der Waals surface area (Å²) in [7, 11) is 0. The van der Waals surface area contributed by atoms with Crippen LogP contribution in [0.25, 0.3) is 0 Å². The molecule has 3 fully saturated rings. The molecule has 0 aromatic heterocycles. The first-order valence-electron chi connectivity index (χ1n) is 10.4. The van der Waals surface area contributed by atoms with Crippen LogP contribution in [0.5, 0.6) is 0 Å². The van der Waals surface area contributed by atoms with Crippen molar-refractivity contribution in [1.29, 1.82) is 0 Å². The van der Waals surface area contributed by atoms with E-state index in [0.29, 0.717) is 0 Å². The molecule has 3 aliphatic rings. The minimum atomic E-state index is -1.97. The molecule has 0 bridgehead atoms. The van der Waals surface area contributed by atoms with Crippen molar-refractivity contribution >= 4 is 18.4 Å². The van der Waals surface area contributed by atoms with Crippen molar-refractivity contribution in [2.24, 2.45) is 0 Å². The van der Waals surface area contributed by atoms with Crippen LogP contribution < -0.4 is 0 Å². The molecule has 0 atom stereocenters. The normalized spacial score (nSPS) is 26.1. The van der Waals surface area contributed by atoms with E-state index in [-0.39, 0.29) is 0 Å². The second kappa shape index (κ2) is 8.06. The van der Waals surface area contributed by atoms with Crippen LogP contribution in [0.2, 0.25) is 16.2 Å². The van der Waals surface area contributed by atoms with Gasteiger partial charge in [0.2, 0.25) is 0 Å². The van der Waals surface area contributed by atoms with E-state index in [1.54, 1.807) is 83.5 Å². The van der Waals surface area contributed by atoms with Crippen LogP contribution >= 0.6 is 0 Å². The van der Waals surface area contributed by atoms with E-state index in [1.165, 1.54) is 24.6 Å². The minimum absolute atomic E-state index is 1.32. The Morgan fingerprint density at radius 1 is 0.619 bits per heavy atom. The summed E-state index contributed by atoms with van der Waals surface area (Å²) >= 11 is -1.97. The van der Waals surface area contributed by atoms with Gasteiger partial charge in [-0.25, -0.2) is 0 Å². The van der Waals surface area contributed by atoms with Crippen molar-refractivity contribution in [3.05, 3.63) is 0 Å². The molecule has 0 N–H and O–H groups in total. The van der Waals surface area contributed by atoms with Crippen LogP contribution in [0.4, 0.5) is 0 Å². The van der Waals surface area contributed by atoms with E-state index in [2.05, 4.69) is 6.92 Å². The molecule has 0 spiro atoms. The zero-order valence-electron chi connectivity index (χ0n) is 14.5. The van der Waals surface area contributed by atoms with Crippen LogP contribution in [0.1, 0.15) is 103 Å². The third kappa shape index (κ3) is 3.50. The second-order valence-corrected chi connectivity index (χ2v) is 23.3. The first-order chi connectivity index (χ1) is 10.4. The van der Waals surface area contributed by atoms with Crippen molar-refractivity contribution in [1.82, 2.24) is 0 Å². The SMILES string of the molecule is CCCC[CH2][Sn]([CH]1CCCC1)([CH]1CCCC1)[CH]1CCCC1. The van der Waals surface area contributed by atoms with Crippen LogP contribution in [-0.4, -0.2) is 18.4 Å². The molecular weight excluding hydrogens is 359 g/mol. The van der Waals surface area contributed by atoms with Gasteiger partial charge in [-0.05, 0) is 0 Å². The van der Waals surface area contributed by atoms with Gasteiger partial charge in [-0.3, -0.25) is 0 Å². The van der Waals surface area contributed by atoms with Crippen molar-refractivity contribution < 1.29 is 0 Å². The predicted octanol–water partition coefficient (Wildman–Crippen LogP) is 7.46. The Morgan fingerprint density at radius 2 is 1.00 bits per heavy atom. The Morgan fingerprint density at radius 3 is 1.33 bits per heavy atom. The zero-order valence-corrected chi connectivity index (χ0v) is 17.4. The van der Waals surface area contributed by atoms with Gasteiger partial charge in [0.25, 0.3) is 0 Å². The predicted molar refractivity (Wildman–Crippen MR) is 96.7 cm³/mol. The van der Waals surface area contributed by atoms with E-state index in [0.717, 1.165) is 0 Å². The third-order valence-corrected chi connectivity index (χ3v) is 29.0. The molecule has 0 aromatic rings. The maximum absolute atomic E-state index is 2.40. The molecule has 3 saturated carbocycles. The Labute approximate surface area is 137 Å². The molecule has 0 aromatic carbocycles. The summed E-state index contributed by atoms with van der Waals surface area (Å²) in [5.74, 6) is 0. The van der Waals surface area contributed by atoms with Gasteiger partial charge in [-0.15, -0.1) is 0 Å². The number of hydrogen-bond acceptors (Lipinski definition) is 0. The summed E-state index contributed by atoms with van der Waals surface area (Å²) < 4.78 is 5.77. The molecule has 1 heteroatoms. The van der Waals surface area contributed by atoms with Crippen molar-refractivity contribution in [2.45, 2.75) is 119 Å². The average molecular weight is 397 g/mol. The molecule has 0 nitrogen and oxygen atoms in total. The second-order valence-electron chi connectivity index (χ2n) is 8.51. The summed E-state index contributed by atoms with van der Waals surface area (Å²) in [6.45, 7) is 2.40. The van der Waals surface area contributed by atoms with Gasteiger partial charge in [0.15, 0.2) is 0 Å². The van der Waals surface area contributed by atoms with Gasteiger partial charge in [-0.2, -0.15) is 0 Å². The molecule has 0 amide bonds. The van der Waals surface area contributed by atoms with Gasteiger partial charge >= 0.3 is 138 Å². The number of unbranched alkanes of at least 4 members (excludes halogenated alkanes) is 2. The summed E-state index contributed by atoms with van der Waals surface area (Å²) in [4.78, 5) is 0. The van der Waals surface area contributed by atoms with Gasteiger partial charge in [0, 0.05) is 0 Å². The maximum atomic E-state index is 2.40. The molecule has 0 unspecified atom stereocenters. The van der Waals surface area contributed by atoms with Gasteiger partial charge < -0.3 is 0 Å². The van der Waals surface area contributed by atoms with E-state index in [1.807, 2.05) is 4.44 Å². The molecule has 0 heterocycles. The summed E-state index contributed by atoms with van der Waals surface area (Å²) in [6.07, 6.45) is 24.2. The fourth-order valence-corrected chi connectivity index (χ4v) is 31.0. The third-order valence-electron chi connectivity index (χ3n) is 7.56. The van der Waals surface area contributed by atoms with Gasteiger partial charge in [-0.1, -0.05) is 0 Å². The monoisotopic (exact) mass is 398 g/mol. The average Bonchev–Trinajstić information content (AvgIpc) is 3.28. The van der Waals surface area contributed by atoms with Gasteiger partial charge in [0.05, 0.1) is 0 Å². The van der Waals surface area contributed by atoms with E-state index < -0.39 is 18.4 Å². The number of rotatable bonds is 7. The molecule has 3 rings (SSSR count). The summed E-state index contributed by atoms with van der Waals surface area (Å²) in [6, 6.07) is 0. The Hall–Kier alpha value is 0.799. The van der Waals surface area contributed by atoms with E-state index in [4.69, 9.17) is 0 Å². The zero-order chi connectivity index (χ0) is 14.5. The quantitative estimate of drug-likeness (QED) is 0.309. The van der Waals surface area contributed by atoms with Gasteiger partial charge in [0.1, 0.15) is 0 Å². The van der Waals surface area contributed by atoms with Crippen molar-refractivity contribution in [3.8, 4) is 0 Å². The van der Waals surface area contributed by atoms with Crippen molar-refractivity contribution in [3.63, 3.8) is 0 Å². The molecule has 122 valence electrons.